The first-order valence-electron chi connectivity index (χ1n) is 5.87. The first-order chi connectivity index (χ1) is 9.08. The zero-order valence-electron chi connectivity index (χ0n) is 10.4. The third-order valence-corrected chi connectivity index (χ3v) is 3.80. The number of amides is 1. The quantitative estimate of drug-likeness (QED) is 0.865. The van der Waals surface area contributed by atoms with Gasteiger partial charge in [0.15, 0.2) is 0 Å². The van der Waals surface area contributed by atoms with Crippen molar-refractivity contribution in [1.82, 2.24) is 5.32 Å². The minimum Gasteiger partial charge on any atom is -0.480 e. The van der Waals surface area contributed by atoms with Crippen molar-refractivity contribution in [2.75, 3.05) is 5.75 Å². The van der Waals surface area contributed by atoms with Crippen LogP contribution in [0.2, 0.25) is 0 Å². The number of rotatable bonds is 4. The number of carbonyl (C=O) groups excluding carboxylic acids is 1. The lowest BCUT2D eigenvalue weighted by atomic mass is 10.2. The summed E-state index contributed by atoms with van der Waals surface area (Å²) in [5, 5.41) is 12.0. The molecule has 1 aromatic rings. The predicted molar refractivity (Wildman–Crippen MR) is 74.5 cm³/mol. The van der Waals surface area contributed by atoms with Crippen LogP contribution in [0.25, 0.3) is 0 Å². The van der Waals surface area contributed by atoms with Gasteiger partial charge in [-0.15, -0.1) is 11.8 Å². The number of hydrogen-bond acceptors (Lipinski definition) is 4. The summed E-state index contributed by atoms with van der Waals surface area (Å²) in [6.45, 7) is 1.43. The van der Waals surface area contributed by atoms with Crippen molar-refractivity contribution in [3.05, 3.63) is 35.9 Å². The van der Waals surface area contributed by atoms with E-state index in [1.165, 1.54) is 18.7 Å². The van der Waals surface area contributed by atoms with Crippen LogP contribution in [0.1, 0.15) is 12.5 Å². The Bertz CT molecular complexity index is 516. The van der Waals surface area contributed by atoms with Crippen molar-refractivity contribution in [2.24, 2.45) is 4.99 Å². The van der Waals surface area contributed by atoms with Crippen molar-refractivity contribution in [2.45, 2.75) is 19.0 Å². The molecule has 2 atom stereocenters. The van der Waals surface area contributed by atoms with E-state index in [4.69, 9.17) is 5.11 Å². The van der Waals surface area contributed by atoms with Gasteiger partial charge in [0.05, 0.1) is 5.04 Å². The smallest absolute Gasteiger partial charge is 0.325 e. The van der Waals surface area contributed by atoms with Crippen LogP contribution in [0.5, 0.6) is 0 Å². The van der Waals surface area contributed by atoms with Gasteiger partial charge in [0.2, 0.25) is 5.91 Å². The van der Waals surface area contributed by atoms with Gasteiger partial charge in [-0.25, -0.2) is 0 Å². The van der Waals surface area contributed by atoms with Crippen molar-refractivity contribution >= 4 is 28.7 Å². The molecule has 5 nitrogen and oxygen atoms in total. The van der Waals surface area contributed by atoms with Crippen LogP contribution in [-0.4, -0.2) is 39.9 Å². The van der Waals surface area contributed by atoms with Crippen molar-refractivity contribution in [3.8, 4) is 0 Å². The summed E-state index contributed by atoms with van der Waals surface area (Å²) in [4.78, 5) is 26.9. The molecular weight excluding hydrogens is 264 g/mol. The number of nitrogens with one attached hydrogen (secondary N) is 1. The van der Waals surface area contributed by atoms with Crippen molar-refractivity contribution < 1.29 is 14.7 Å². The van der Waals surface area contributed by atoms with Gasteiger partial charge >= 0.3 is 5.97 Å². The molecule has 1 unspecified atom stereocenters. The maximum absolute atomic E-state index is 11.8. The number of aliphatic carboxylic acids is 1. The van der Waals surface area contributed by atoms with E-state index in [1.54, 1.807) is 0 Å². The molecule has 1 aliphatic rings. The fourth-order valence-electron chi connectivity index (χ4n) is 1.62. The molecule has 1 amide bonds. The molecule has 2 rings (SSSR count). The van der Waals surface area contributed by atoms with Crippen LogP contribution in [0, 0.1) is 0 Å². The van der Waals surface area contributed by atoms with Crippen LogP contribution in [0.3, 0.4) is 0 Å². The summed E-state index contributed by atoms with van der Waals surface area (Å²) < 4.78 is 0. The topological polar surface area (TPSA) is 78.8 Å². The zero-order valence-corrected chi connectivity index (χ0v) is 11.2. The zero-order chi connectivity index (χ0) is 13.8. The Morgan fingerprint density at radius 1 is 1.42 bits per heavy atom. The minimum absolute atomic E-state index is 0.340. The highest BCUT2D eigenvalue weighted by molar-refractivity contribution is 8.14. The molecule has 19 heavy (non-hydrogen) atoms. The van der Waals surface area contributed by atoms with E-state index in [0.717, 1.165) is 10.6 Å². The fourth-order valence-corrected chi connectivity index (χ4v) is 2.66. The highest BCUT2D eigenvalue weighted by atomic mass is 32.2. The van der Waals surface area contributed by atoms with Gasteiger partial charge in [0.25, 0.3) is 0 Å². The maximum atomic E-state index is 11.8. The van der Waals surface area contributed by atoms with Gasteiger partial charge in [-0.2, -0.15) is 0 Å². The van der Waals surface area contributed by atoms with Gasteiger partial charge < -0.3 is 10.4 Å². The molecule has 100 valence electrons. The second-order valence-corrected chi connectivity index (χ2v) is 5.20. The highest BCUT2D eigenvalue weighted by Gasteiger charge is 2.27. The summed E-state index contributed by atoms with van der Waals surface area (Å²) >= 11 is 1.51. The second-order valence-electron chi connectivity index (χ2n) is 4.20. The minimum atomic E-state index is -1.05. The molecular formula is C13H14N2O3S. The van der Waals surface area contributed by atoms with E-state index >= 15 is 0 Å². The number of carboxylic acid groups (broad SMARTS) is 1. The van der Waals surface area contributed by atoms with Crippen LogP contribution >= 0.6 is 11.8 Å². The molecule has 0 fully saturated rings. The predicted octanol–water partition coefficient (Wildman–Crippen LogP) is 1.14. The molecule has 0 spiro atoms. The Morgan fingerprint density at radius 2 is 2.11 bits per heavy atom. The number of hydrogen-bond donors (Lipinski definition) is 2. The first kappa shape index (κ1) is 13.6. The van der Waals surface area contributed by atoms with Gasteiger partial charge in [0.1, 0.15) is 12.1 Å². The third-order valence-electron chi connectivity index (χ3n) is 2.70. The molecule has 6 heteroatoms. The molecule has 0 saturated heterocycles. The largest absolute Gasteiger partial charge is 0.480 e. The van der Waals surface area contributed by atoms with Crippen molar-refractivity contribution in [1.29, 1.82) is 0 Å². The number of carboxylic acids is 1. The summed E-state index contributed by atoms with van der Waals surface area (Å²) in [7, 11) is 0. The monoisotopic (exact) mass is 278 g/mol. The second kappa shape index (κ2) is 5.88. The first-order valence-corrected chi connectivity index (χ1v) is 6.85. The average molecular weight is 278 g/mol. The van der Waals surface area contributed by atoms with Crippen LogP contribution < -0.4 is 5.32 Å². The molecule has 0 aliphatic carbocycles. The standard InChI is InChI=1S/C13H14N2O3S/c1-8(13(17)18)14-11(16)10-7-19-12(15-10)9-5-3-2-4-6-9/h2-6,8,10H,7H2,1H3,(H,14,16)(H,17,18)/t8-,10?/m0/s1. The molecule has 0 aromatic heterocycles. The lowest BCUT2D eigenvalue weighted by Crippen LogP contribution is -2.43. The molecule has 0 radical (unpaired) electrons. The van der Waals surface area contributed by atoms with Crippen LogP contribution in [0.4, 0.5) is 0 Å². The summed E-state index contributed by atoms with van der Waals surface area (Å²) in [6, 6.07) is 8.22. The van der Waals surface area contributed by atoms with Gasteiger partial charge in [-0.05, 0) is 6.92 Å². The van der Waals surface area contributed by atoms with E-state index in [-0.39, 0.29) is 5.91 Å². The molecule has 2 N–H and O–H groups in total. The van der Waals surface area contributed by atoms with E-state index in [2.05, 4.69) is 10.3 Å². The molecule has 1 aromatic carbocycles. The third kappa shape index (κ3) is 3.35. The number of thioether (sulfide) groups is 1. The lowest BCUT2D eigenvalue weighted by molar-refractivity contribution is -0.141. The van der Waals surface area contributed by atoms with E-state index < -0.39 is 18.1 Å². The van der Waals surface area contributed by atoms with E-state index in [9.17, 15) is 9.59 Å². The molecule has 1 aliphatic heterocycles. The number of benzene rings is 1. The molecule has 1 heterocycles. The van der Waals surface area contributed by atoms with Crippen molar-refractivity contribution in [3.63, 3.8) is 0 Å². The lowest BCUT2D eigenvalue weighted by Gasteiger charge is -2.11. The van der Waals surface area contributed by atoms with Gasteiger partial charge in [-0.1, -0.05) is 30.3 Å². The number of nitrogens with zero attached hydrogens (tertiary/aromatic N) is 1. The highest BCUT2D eigenvalue weighted by Crippen LogP contribution is 2.23. The van der Waals surface area contributed by atoms with Crippen LogP contribution in [0.15, 0.2) is 35.3 Å². The molecule has 0 bridgehead atoms. The Labute approximate surface area is 115 Å². The summed E-state index contributed by atoms with van der Waals surface area (Å²) in [6.07, 6.45) is 0. The summed E-state index contributed by atoms with van der Waals surface area (Å²) in [5.74, 6) is -0.845. The average Bonchev–Trinajstić information content (AvgIpc) is 2.89. The molecule has 0 saturated carbocycles. The SMILES string of the molecule is C[C@H](NC(=O)C1CSC(c2ccccc2)=N1)C(=O)O. The number of carbonyl (C=O) groups is 2. The maximum Gasteiger partial charge on any atom is 0.325 e. The number of aliphatic imine (C=N–C) groups is 1. The summed E-state index contributed by atoms with van der Waals surface area (Å²) in [5.41, 5.74) is 0.981. The Balaban J connectivity index is 2.03. The fraction of sp³-hybridized carbons (Fsp3) is 0.308. The van der Waals surface area contributed by atoms with E-state index in [1.807, 2.05) is 30.3 Å². The van der Waals surface area contributed by atoms with Gasteiger partial charge in [0, 0.05) is 11.3 Å². The van der Waals surface area contributed by atoms with Crippen LogP contribution in [-0.2, 0) is 9.59 Å². The van der Waals surface area contributed by atoms with Gasteiger partial charge in [-0.3, -0.25) is 14.6 Å². The van der Waals surface area contributed by atoms with E-state index in [0.29, 0.717) is 5.75 Å². The Hall–Kier alpha value is -1.82. The normalized spacial score (nSPS) is 19.6. The Morgan fingerprint density at radius 3 is 2.74 bits per heavy atom. The Kier molecular flexibility index (Phi) is 4.21.